The van der Waals surface area contributed by atoms with E-state index in [0.29, 0.717) is 23.4 Å². The van der Waals surface area contributed by atoms with Crippen LogP contribution in [0.5, 0.6) is 0 Å². The molecule has 3 rings (SSSR count). The van der Waals surface area contributed by atoms with Gasteiger partial charge in [0, 0.05) is 10.6 Å². The maximum atomic E-state index is 15.1. The lowest BCUT2D eigenvalue weighted by Gasteiger charge is -2.41. The molecule has 3 amide bonds. The summed E-state index contributed by atoms with van der Waals surface area (Å²) in [5.74, 6) is -2.14. The van der Waals surface area contributed by atoms with Crippen LogP contribution in [-0.2, 0) is 36.7 Å². The maximum Gasteiger partial charge on any atom is 0.408 e. The third-order valence-corrected chi connectivity index (χ3v) is 7.71. The molecule has 10 heteroatoms. The number of nitrogens with zero attached hydrogens (tertiary/aromatic N) is 1. The van der Waals surface area contributed by atoms with Crippen molar-refractivity contribution in [1.82, 2.24) is 15.5 Å². The quantitative estimate of drug-likeness (QED) is 0.307. The Balaban J connectivity index is 2.24. The summed E-state index contributed by atoms with van der Waals surface area (Å²) in [6.45, 7) is 14.6. The molecule has 2 aromatic rings. The van der Waals surface area contributed by atoms with Crippen LogP contribution >= 0.6 is 11.6 Å². The first-order valence-corrected chi connectivity index (χ1v) is 15.8. The fourth-order valence-electron chi connectivity index (χ4n) is 5.69. The molecule has 0 radical (unpaired) electrons. The van der Waals surface area contributed by atoms with Crippen molar-refractivity contribution in [3.05, 3.63) is 70.2 Å². The van der Waals surface area contributed by atoms with E-state index in [1.165, 1.54) is 12.0 Å². The number of hydrogen-bond acceptors (Lipinski definition) is 6. The van der Waals surface area contributed by atoms with E-state index in [1.54, 1.807) is 45.0 Å². The predicted molar refractivity (Wildman–Crippen MR) is 175 cm³/mol. The van der Waals surface area contributed by atoms with Gasteiger partial charge < -0.3 is 25.0 Å². The molecule has 0 bridgehead atoms. The van der Waals surface area contributed by atoms with Crippen LogP contribution in [0.25, 0.3) is 0 Å². The smallest absolute Gasteiger partial charge is 0.408 e. The highest BCUT2D eigenvalue weighted by molar-refractivity contribution is 6.30. The normalized spacial score (nSPS) is 15.4. The molecule has 3 atom stereocenters. The van der Waals surface area contributed by atoms with Crippen LogP contribution in [0.4, 0.5) is 4.79 Å². The second-order valence-electron chi connectivity index (χ2n) is 14.2. The molecule has 0 aromatic heterocycles. The second kappa shape index (κ2) is 14.7. The molecule has 1 aliphatic carbocycles. The number of alkyl carbamates (subject to hydrolysis) is 1. The molecule has 0 heterocycles. The summed E-state index contributed by atoms with van der Waals surface area (Å²) < 4.78 is 10.8. The molecule has 9 nitrogen and oxygen atoms in total. The zero-order valence-corrected chi connectivity index (χ0v) is 28.7. The average Bonchev–Trinajstić information content (AvgIpc) is 3.35. The Kier molecular flexibility index (Phi) is 11.7. The van der Waals surface area contributed by atoms with Crippen molar-refractivity contribution in [2.45, 2.75) is 104 Å². The molecular formula is C35H48ClN3O6. The number of carbonyl (C=O) groups excluding carboxylic acids is 4. The third-order valence-electron chi connectivity index (χ3n) is 7.46. The van der Waals surface area contributed by atoms with Crippen molar-refractivity contribution in [1.29, 1.82) is 0 Å². The second-order valence-corrected chi connectivity index (χ2v) is 14.6. The molecule has 0 spiro atoms. The van der Waals surface area contributed by atoms with E-state index in [-0.39, 0.29) is 18.3 Å². The third kappa shape index (κ3) is 9.95. The minimum atomic E-state index is -1.25. The molecule has 45 heavy (non-hydrogen) atoms. The number of esters is 1. The average molecular weight is 642 g/mol. The first-order valence-electron chi connectivity index (χ1n) is 15.4. The lowest BCUT2D eigenvalue weighted by molar-refractivity contribution is -0.159. The number of halogens is 1. The van der Waals surface area contributed by atoms with Crippen LogP contribution in [0.15, 0.2) is 48.5 Å². The van der Waals surface area contributed by atoms with Gasteiger partial charge in [0.2, 0.25) is 11.8 Å². The Morgan fingerprint density at radius 1 is 0.933 bits per heavy atom. The molecule has 1 unspecified atom stereocenters. The van der Waals surface area contributed by atoms with E-state index in [1.807, 2.05) is 58.9 Å². The van der Waals surface area contributed by atoms with Gasteiger partial charge in [-0.15, -0.1) is 0 Å². The molecule has 2 N–H and O–H groups in total. The summed E-state index contributed by atoms with van der Waals surface area (Å²) >= 11 is 6.22. The highest BCUT2D eigenvalue weighted by Crippen LogP contribution is 2.34. The molecule has 246 valence electrons. The molecule has 0 aliphatic heterocycles. The van der Waals surface area contributed by atoms with Gasteiger partial charge in [-0.1, -0.05) is 61.8 Å². The number of rotatable bonds is 10. The number of benzene rings is 2. The zero-order valence-electron chi connectivity index (χ0n) is 27.9. The standard InChI is InChI=1S/C35H48ClN3O6/c1-21(2)18-27(32(42)44-9)39(29(30(40)38-34(3,4)5)22-14-16-26(36)17-15-22)31(41)28(37-33(43)45-35(6,7)8)25-19-23-12-10-11-13-24(23)20-25/h10-17,21,25,27-29H,18-20H2,1-9H3,(H,37,43)(H,38,40)/t27-,28-,29?/m1/s1. The molecule has 2 aromatic carbocycles. The van der Waals surface area contributed by atoms with Crippen LogP contribution in [0.2, 0.25) is 5.02 Å². The van der Waals surface area contributed by atoms with Gasteiger partial charge in [0.1, 0.15) is 23.7 Å². The Morgan fingerprint density at radius 2 is 1.49 bits per heavy atom. The monoisotopic (exact) mass is 641 g/mol. The summed E-state index contributed by atoms with van der Waals surface area (Å²) in [6.07, 6.45) is 0.485. The van der Waals surface area contributed by atoms with Gasteiger partial charge in [-0.3, -0.25) is 9.59 Å². The van der Waals surface area contributed by atoms with Crippen molar-refractivity contribution in [3.8, 4) is 0 Å². The largest absolute Gasteiger partial charge is 0.467 e. The maximum absolute atomic E-state index is 15.1. The fourth-order valence-corrected chi connectivity index (χ4v) is 5.82. The topological polar surface area (TPSA) is 114 Å². The van der Waals surface area contributed by atoms with Gasteiger partial charge in [-0.2, -0.15) is 0 Å². The molecule has 0 fully saturated rings. The summed E-state index contributed by atoms with van der Waals surface area (Å²) in [5.41, 5.74) is 1.13. The SMILES string of the molecule is COC(=O)[C@@H](CC(C)C)N(C(=O)[C@H](NC(=O)OC(C)(C)C)C1Cc2ccccc2C1)C(C(=O)NC(C)(C)C)c1ccc(Cl)cc1. The summed E-state index contributed by atoms with van der Waals surface area (Å²) in [4.78, 5) is 57.5. The predicted octanol–water partition coefficient (Wildman–Crippen LogP) is 6.02. The van der Waals surface area contributed by atoms with E-state index < -0.39 is 53.1 Å². The van der Waals surface area contributed by atoms with Gasteiger partial charge in [0.15, 0.2) is 0 Å². The van der Waals surface area contributed by atoms with Gasteiger partial charge >= 0.3 is 12.1 Å². The summed E-state index contributed by atoms with van der Waals surface area (Å²) in [5, 5.41) is 6.29. The molecular weight excluding hydrogens is 594 g/mol. The van der Waals surface area contributed by atoms with Gasteiger partial charge in [-0.05, 0) is 101 Å². The number of methoxy groups -OCH3 is 1. The van der Waals surface area contributed by atoms with Gasteiger partial charge in [0.05, 0.1) is 7.11 Å². The number of carbonyl (C=O) groups is 4. The van der Waals surface area contributed by atoms with Gasteiger partial charge in [-0.25, -0.2) is 9.59 Å². The van der Waals surface area contributed by atoms with E-state index >= 15 is 4.79 Å². The van der Waals surface area contributed by atoms with Crippen molar-refractivity contribution in [2.75, 3.05) is 7.11 Å². The van der Waals surface area contributed by atoms with Crippen molar-refractivity contribution in [3.63, 3.8) is 0 Å². The number of fused-ring (bicyclic) bond motifs is 1. The fraction of sp³-hybridized carbons (Fsp3) is 0.543. The van der Waals surface area contributed by atoms with Crippen LogP contribution < -0.4 is 10.6 Å². The van der Waals surface area contributed by atoms with E-state index in [0.717, 1.165) is 11.1 Å². The lowest BCUT2D eigenvalue weighted by atomic mass is 9.91. The Labute approximate surface area is 272 Å². The number of hydrogen-bond donors (Lipinski definition) is 2. The van der Waals surface area contributed by atoms with Crippen LogP contribution in [-0.4, -0.2) is 59.1 Å². The van der Waals surface area contributed by atoms with E-state index in [4.69, 9.17) is 21.1 Å². The Hall–Kier alpha value is -3.59. The first kappa shape index (κ1) is 35.9. The van der Waals surface area contributed by atoms with Crippen molar-refractivity contribution in [2.24, 2.45) is 11.8 Å². The number of nitrogens with one attached hydrogen (secondary N) is 2. The van der Waals surface area contributed by atoms with Crippen molar-refractivity contribution >= 4 is 35.5 Å². The lowest BCUT2D eigenvalue weighted by Crippen LogP contribution is -2.61. The highest BCUT2D eigenvalue weighted by Gasteiger charge is 2.46. The van der Waals surface area contributed by atoms with E-state index in [2.05, 4.69) is 10.6 Å². The Morgan fingerprint density at radius 3 is 1.96 bits per heavy atom. The van der Waals surface area contributed by atoms with Crippen molar-refractivity contribution < 1.29 is 28.7 Å². The number of ether oxygens (including phenoxy) is 2. The Bertz CT molecular complexity index is 1340. The first-order chi connectivity index (χ1) is 20.9. The number of amides is 3. The molecule has 0 saturated carbocycles. The van der Waals surface area contributed by atoms with Gasteiger partial charge in [0.25, 0.3) is 0 Å². The zero-order chi connectivity index (χ0) is 33.7. The summed E-state index contributed by atoms with van der Waals surface area (Å²) in [6, 6.07) is 11.0. The van der Waals surface area contributed by atoms with Crippen LogP contribution in [0.3, 0.4) is 0 Å². The van der Waals surface area contributed by atoms with Crippen LogP contribution in [0, 0.1) is 11.8 Å². The molecule has 1 aliphatic rings. The summed E-state index contributed by atoms with van der Waals surface area (Å²) in [7, 11) is 1.26. The van der Waals surface area contributed by atoms with E-state index in [9.17, 15) is 14.4 Å². The highest BCUT2D eigenvalue weighted by atomic mass is 35.5. The molecule has 0 saturated heterocycles. The minimum Gasteiger partial charge on any atom is -0.467 e. The minimum absolute atomic E-state index is 0.0473. The van der Waals surface area contributed by atoms with Crippen LogP contribution in [0.1, 0.15) is 84.5 Å².